The van der Waals surface area contributed by atoms with E-state index < -0.39 is 11.4 Å². The third-order valence-electron chi connectivity index (χ3n) is 5.13. The van der Waals surface area contributed by atoms with Crippen molar-refractivity contribution >= 4 is 28.8 Å². The van der Waals surface area contributed by atoms with Crippen LogP contribution >= 0.6 is 11.8 Å². The zero-order valence-electron chi connectivity index (χ0n) is 15.9. The Kier molecular flexibility index (Phi) is 5.70. The summed E-state index contributed by atoms with van der Waals surface area (Å²) in [7, 11) is 0. The molecule has 1 aromatic carbocycles. The minimum absolute atomic E-state index is 0.0313. The average molecular weight is 427 g/mol. The molecule has 1 saturated heterocycles. The first-order valence-corrected chi connectivity index (χ1v) is 10.2. The highest BCUT2D eigenvalue weighted by molar-refractivity contribution is 8.13. The van der Waals surface area contributed by atoms with Crippen LogP contribution < -0.4 is 15.8 Å². The topological polar surface area (TPSA) is 85.4 Å². The lowest BCUT2D eigenvalue weighted by molar-refractivity contribution is 0.353. The number of aromatic nitrogens is 2. The van der Waals surface area contributed by atoms with Gasteiger partial charge in [0, 0.05) is 30.3 Å². The van der Waals surface area contributed by atoms with Crippen LogP contribution in [0.15, 0.2) is 35.6 Å². The second kappa shape index (κ2) is 8.42. The number of hydrogen-bond donors (Lipinski definition) is 2. The molecule has 2 aromatic rings. The standard InChI is InChI=1S/C21H19F2N5OS/c1-2-5-29-19-10-26-18(9-27-19)17(23)7-13-3-4-16(22)15(6-13)21-12-25-8-14(21)11-30-20(24)28-21/h1,3-4,6-7,9-10,14,25H,5,8,11-12H2,(H2,24,28)/b17-7-/t14-,21-/m0/s1. The molecule has 0 spiro atoms. The zero-order chi connectivity index (χ0) is 21.1. The van der Waals surface area contributed by atoms with E-state index in [0.29, 0.717) is 22.8 Å². The fraction of sp³-hybridized carbons (Fsp3) is 0.286. The quantitative estimate of drug-likeness (QED) is 0.714. The van der Waals surface area contributed by atoms with E-state index in [4.69, 9.17) is 16.9 Å². The number of halogens is 2. The Bertz CT molecular complexity index is 1050. The molecular weight excluding hydrogens is 408 g/mol. The van der Waals surface area contributed by atoms with Crippen molar-refractivity contribution in [1.82, 2.24) is 15.3 Å². The van der Waals surface area contributed by atoms with Crippen LogP contribution in [-0.2, 0) is 5.54 Å². The van der Waals surface area contributed by atoms with Crippen molar-refractivity contribution in [2.45, 2.75) is 5.54 Å². The largest absolute Gasteiger partial charge is 0.463 e. The maximum absolute atomic E-state index is 14.8. The number of rotatable bonds is 5. The lowest BCUT2D eigenvalue weighted by atomic mass is 9.81. The molecule has 1 fully saturated rings. The smallest absolute Gasteiger partial charge is 0.233 e. The molecule has 0 saturated carbocycles. The number of nitrogens with one attached hydrogen (secondary N) is 1. The van der Waals surface area contributed by atoms with Gasteiger partial charge in [0.05, 0.1) is 12.4 Å². The summed E-state index contributed by atoms with van der Waals surface area (Å²) in [6, 6.07) is 4.46. The fourth-order valence-corrected chi connectivity index (χ4v) is 4.68. The maximum atomic E-state index is 14.8. The van der Waals surface area contributed by atoms with E-state index in [1.807, 2.05) is 0 Å². The van der Waals surface area contributed by atoms with Crippen molar-refractivity contribution in [3.63, 3.8) is 0 Å². The maximum Gasteiger partial charge on any atom is 0.233 e. The minimum atomic E-state index is -0.782. The van der Waals surface area contributed by atoms with Crippen LogP contribution in [0.3, 0.4) is 0 Å². The van der Waals surface area contributed by atoms with E-state index in [2.05, 4.69) is 26.2 Å². The summed E-state index contributed by atoms with van der Waals surface area (Å²) >= 11 is 1.47. The molecule has 4 rings (SSSR count). The number of nitrogens with two attached hydrogens (primary N) is 1. The van der Waals surface area contributed by atoms with Crippen LogP contribution in [-0.4, -0.2) is 40.6 Å². The van der Waals surface area contributed by atoms with E-state index in [0.717, 1.165) is 12.3 Å². The molecule has 2 aliphatic heterocycles. The summed E-state index contributed by atoms with van der Waals surface area (Å²) in [5, 5.41) is 3.72. The van der Waals surface area contributed by atoms with Gasteiger partial charge >= 0.3 is 0 Å². The molecule has 2 aliphatic rings. The van der Waals surface area contributed by atoms with Gasteiger partial charge in [-0.2, -0.15) is 0 Å². The number of fused-ring (bicyclic) bond motifs is 1. The number of amidine groups is 1. The Hall–Kier alpha value is -2.96. The normalized spacial score (nSPS) is 23.4. The molecule has 6 nitrogen and oxygen atoms in total. The van der Waals surface area contributed by atoms with Crippen molar-refractivity contribution in [2.75, 3.05) is 25.4 Å². The van der Waals surface area contributed by atoms with E-state index in [1.54, 1.807) is 6.07 Å². The van der Waals surface area contributed by atoms with Gasteiger partial charge in [-0.05, 0) is 23.8 Å². The van der Waals surface area contributed by atoms with E-state index >= 15 is 0 Å². The predicted molar refractivity (Wildman–Crippen MR) is 114 cm³/mol. The van der Waals surface area contributed by atoms with Crippen LogP contribution in [0.5, 0.6) is 5.88 Å². The second-order valence-corrected chi connectivity index (χ2v) is 8.02. The molecule has 0 unspecified atom stereocenters. The monoisotopic (exact) mass is 427 g/mol. The average Bonchev–Trinajstić information content (AvgIpc) is 3.17. The Morgan fingerprint density at radius 1 is 1.43 bits per heavy atom. The zero-order valence-corrected chi connectivity index (χ0v) is 16.8. The molecule has 0 radical (unpaired) electrons. The highest BCUT2D eigenvalue weighted by Crippen LogP contribution is 2.43. The predicted octanol–water partition coefficient (Wildman–Crippen LogP) is 2.57. The summed E-state index contributed by atoms with van der Waals surface area (Å²) in [5.74, 6) is 2.38. The van der Waals surface area contributed by atoms with Gasteiger partial charge in [0.2, 0.25) is 5.88 Å². The molecule has 3 heterocycles. The summed E-state index contributed by atoms with van der Waals surface area (Å²) in [6.07, 6.45) is 8.95. The first-order valence-electron chi connectivity index (χ1n) is 9.26. The highest BCUT2D eigenvalue weighted by Gasteiger charge is 2.48. The molecule has 0 aliphatic carbocycles. The van der Waals surface area contributed by atoms with Crippen LogP contribution in [0, 0.1) is 24.1 Å². The molecule has 2 atom stereocenters. The Labute approximate surface area is 177 Å². The summed E-state index contributed by atoms with van der Waals surface area (Å²) in [6.45, 7) is 1.26. The van der Waals surface area contributed by atoms with Crippen molar-refractivity contribution in [3.8, 4) is 18.2 Å². The second-order valence-electron chi connectivity index (χ2n) is 6.98. The number of benzene rings is 1. The van der Waals surface area contributed by atoms with Crippen LogP contribution in [0.4, 0.5) is 8.78 Å². The fourth-order valence-electron chi connectivity index (χ4n) is 3.68. The molecular formula is C21H19F2N5OS. The van der Waals surface area contributed by atoms with Gasteiger partial charge < -0.3 is 15.8 Å². The number of nitrogens with zero attached hydrogens (tertiary/aromatic N) is 3. The first-order chi connectivity index (χ1) is 14.5. The molecule has 30 heavy (non-hydrogen) atoms. The van der Waals surface area contributed by atoms with Crippen LogP contribution in [0.2, 0.25) is 0 Å². The van der Waals surface area contributed by atoms with Gasteiger partial charge in [-0.1, -0.05) is 23.7 Å². The van der Waals surface area contributed by atoms with Gasteiger partial charge in [0.1, 0.15) is 17.1 Å². The number of hydrogen-bond acceptors (Lipinski definition) is 7. The van der Waals surface area contributed by atoms with Crippen molar-refractivity contribution in [2.24, 2.45) is 16.6 Å². The molecule has 154 valence electrons. The van der Waals surface area contributed by atoms with Crippen molar-refractivity contribution in [1.29, 1.82) is 0 Å². The Morgan fingerprint density at radius 3 is 3.07 bits per heavy atom. The van der Waals surface area contributed by atoms with E-state index in [1.165, 1.54) is 42.4 Å². The van der Waals surface area contributed by atoms with Gasteiger partial charge in [0.25, 0.3) is 0 Å². The molecule has 0 amide bonds. The van der Waals surface area contributed by atoms with Crippen LogP contribution in [0.25, 0.3) is 11.9 Å². The first kappa shape index (κ1) is 20.3. The number of aliphatic imine (C=N–C) groups is 1. The lowest BCUT2D eigenvalue weighted by Gasteiger charge is -2.35. The molecule has 9 heteroatoms. The summed E-state index contributed by atoms with van der Waals surface area (Å²) in [4.78, 5) is 12.6. The van der Waals surface area contributed by atoms with Gasteiger partial charge in [-0.25, -0.2) is 23.7 Å². The minimum Gasteiger partial charge on any atom is -0.463 e. The van der Waals surface area contributed by atoms with Crippen molar-refractivity contribution in [3.05, 3.63) is 53.2 Å². The van der Waals surface area contributed by atoms with Crippen molar-refractivity contribution < 1.29 is 13.5 Å². The Morgan fingerprint density at radius 2 is 2.30 bits per heavy atom. The third kappa shape index (κ3) is 3.88. The Balaban J connectivity index is 1.65. The SMILES string of the molecule is C#CCOc1cnc(/C(F)=C/c2ccc(F)c([C@]34CNC[C@H]3CSC(N)=N4)c2)cn1. The lowest BCUT2D eigenvalue weighted by Crippen LogP contribution is -2.40. The van der Waals surface area contributed by atoms with E-state index in [-0.39, 0.29) is 29.9 Å². The molecule has 0 bridgehead atoms. The van der Waals surface area contributed by atoms with Crippen LogP contribution in [0.1, 0.15) is 16.8 Å². The van der Waals surface area contributed by atoms with Gasteiger partial charge in [0.15, 0.2) is 17.6 Å². The van der Waals surface area contributed by atoms with E-state index in [9.17, 15) is 8.78 Å². The number of thioether (sulfide) groups is 1. The molecule has 3 N–H and O–H groups in total. The third-order valence-corrected chi connectivity index (χ3v) is 6.09. The number of terminal acetylenes is 1. The van der Waals surface area contributed by atoms with Gasteiger partial charge in [-0.15, -0.1) is 6.42 Å². The molecule has 1 aromatic heterocycles. The summed E-state index contributed by atoms with van der Waals surface area (Å²) in [5.41, 5.74) is 6.10. The van der Waals surface area contributed by atoms with Gasteiger partial charge in [-0.3, -0.25) is 0 Å². The highest BCUT2D eigenvalue weighted by atomic mass is 32.2. The number of ether oxygens (including phenoxy) is 1. The summed E-state index contributed by atoms with van der Waals surface area (Å²) < 4.78 is 34.7.